The highest BCUT2D eigenvalue weighted by Gasteiger charge is 2.57. The maximum absolute atomic E-state index is 12.4. The van der Waals surface area contributed by atoms with Gasteiger partial charge in [0.25, 0.3) is 5.56 Å². The lowest BCUT2D eigenvalue weighted by Crippen LogP contribution is -2.40. The molecule has 1 aromatic heterocycles. The maximum Gasteiger partial charge on any atom is 0.330 e. The van der Waals surface area contributed by atoms with E-state index in [-0.39, 0.29) is 18.1 Å². The molecule has 0 spiro atoms. The van der Waals surface area contributed by atoms with Gasteiger partial charge in [-0.3, -0.25) is 19.1 Å². The summed E-state index contributed by atoms with van der Waals surface area (Å²) in [5.74, 6) is -1.12. The van der Waals surface area contributed by atoms with Crippen molar-refractivity contribution in [3.8, 4) is 0 Å². The standard InChI is InChI=1S/C16H16Cl2N4O3/c1-21(14(24)10-7-16(10,17)18)11-12(19)22(15(25)20-13(11)23)8-9-5-3-2-4-6-9/h2-6,10H,7-8,19H2,1H3,(H,20,23,25). The van der Waals surface area contributed by atoms with Gasteiger partial charge < -0.3 is 10.6 Å². The van der Waals surface area contributed by atoms with Crippen molar-refractivity contribution in [2.75, 3.05) is 17.7 Å². The Labute approximate surface area is 153 Å². The van der Waals surface area contributed by atoms with Crippen LogP contribution in [0.1, 0.15) is 12.0 Å². The van der Waals surface area contributed by atoms with Crippen LogP contribution < -0.4 is 21.9 Å². The summed E-state index contributed by atoms with van der Waals surface area (Å²) in [7, 11) is 1.41. The average molecular weight is 383 g/mol. The molecule has 1 heterocycles. The minimum Gasteiger partial charge on any atom is -0.383 e. The molecule has 1 saturated carbocycles. The van der Waals surface area contributed by atoms with E-state index in [1.165, 1.54) is 11.6 Å². The van der Waals surface area contributed by atoms with Crippen molar-refractivity contribution in [2.24, 2.45) is 5.92 Å². The van der Waals surface area contributed by atoms with Gasteiger partial charge in [0.05, 0.1) is 12.5 Å². The minimum absolute atomic E-state index is 0.0937. The van der Waals surface area contributed by atoms with E-state index >= 15 is 0 Å². The third-order valence-corrected chi connectivity index (χ3v) is 5.02. The molecule has 2 aromatic rings. The normalized spacial score (nSPS) is 18.0. The van der Waals surface area contributed by atoms with Crippen LogP contribution in [0.25, 0.3) is 0 Å². The van der Waals surface area contributed by atoms with E-state index in [0.29, 0.717) is 6.42 Å². The van der Waals surface area contributed by atoms with E-state index in [9.17, 15) is 14.4 Å². The van der Waals surface area contributed by atoms with Crippen LogP contribution in [-0.2, 0) is 11.3 Å². The predicted molar refractivity (Wildman–Crippen MR) is 97.2 cm³/mol. The van der Waals surface area contributed by atoms with Gasteiger partial charge in [-0.2, -0.15) is 0 Å². The molecule has 25 heavy (non-hydrogen) atoms. The summed E-state index contributed by atoms with van der Waals surface area (Å²) in [5, 5.41) is 0. The van der Waals surface area contributed by atoms with Crippen LogP contribution in [0.5, 0.6) is 0 Å². The van der Waals surface area contributed by atoms with Crippen molar-refractivity contribution in [2.45, 2.75) is 17.3 Å². The van der Waals surface area contributed by atoms with Crippen LogP contribution in [0.4, 0.5) is 11.5 Å². The number of aromatic nitrogens is 2. The van der Waals surface area contributed by atoms with Gasteiger partial charge in [-0.1, -0.05) is 30.3 Å². The van der Waals surface area contributed by atoms with E-state index in [4.69, 9.17) is 28.9 Å². The molecule has 3 N–H and O–H groups in total. The second-order valence-corrected chi connectivity index (χ2v) is 7.52. The second-order valence-electron chi connectivity index (χ2n) is 5.98. The van der Waals surface area contributed by atoms with Gasteiger partial charge in [0.2, 0.25) is 5.91 Å². The summed E-state index contributed by atoms with van der Waals surface area (Å²) in [6.07, 6.45) is 0.306. The Bertz CT molecular complexity index is 937. The lowest BCUT2D eigenvalue weighted by molar-refractivity contribution is -0.119. The van der Waals surface area contributed by atoms with E-state index < -0.39 is 27.4 Å². The van der Waals surface area contributed by atoms with Crippen molar-refractivity contribution in [3.63, 3.8) is 0 Å². The quantitative estimate of drug-likeness (QED) is 0.778. The molecule has 1 atom stereocenters. The molecule has 3 rings (SSSR count). The number of halogens is 2. The molecular weight excluding hydrogens is 367 g/mol. The zero-order valence-electron chi connectivity index (χ0n) is 13.3. The molecule has 1 aliphatic carbocycles. The minimum atomic E-state index is -1.12. The lowest BCUT2D eigenvalue weighted by Gasteiger charge is -2.20. The third kappa shape index (κ3) is 3.29. The first kappa shape index (κ1) is 17.6. The molecule has 0 bridgehead atoms. The highest BCUT2D eigenvalue weighted by Crippen LogP contribution is 2.54. The third-order valence-electron chi connectivity index (χ3n) is 4.19. The van der Waals surface area contributed by atoms with E-state index in [1.54, 1.807) is 0 Å². The fraction of sp³-hybridized carbons (Fsp3) is 0.312. The topological polar surface area (TPSA) is 101 Å². The number of H-pyrrole nitrogens is 1. The molecule has 1 aromatic carbocycles. The fourth-order valence-corrected chi connectivity index (χ4v) is 3.14. The Balaban J connectivity index is 2.00. The van der Waals surface area contributed by atoms with Crippen molar-refractivity contribution < 1.29 is 4.79 Å². The maximum atomic E-state index is 12.4. The summed E-state index contributed by atoms with van der Waals surface area (Å²) in [4.78, 5) is 40.1. The number of nitrogens with zero attached hydrogens (tertiary/aromatic N) is 2. The number of amides is 1. The summed E-state index contributed by atoms with van der Waals surface area (Å²) < 4.78 is 0.0861. The van der Waals surface area contributed by atoms with Crippen LogP contribution in [-0.4, -0.2) is 26.8 Å². The largest absolute Gasteiger partial charge is 0.383 e. The number of carbonyl (C=O) groups is 1. The van der Waals surface area contributed by atoms with Crippen LogP contribution in [0.15, 0.2) is 39.9 Å². The highest BCUT2D eigenvalue weighted by atomic mass is 35.5. The van der Waals surface area contributed by atoms with Gasteiger partial charge in [0.15, 0.2) is 5.69 Å². The molecule has 9 heteroatoms. The van der Waals surface area contributed by atoms with Crippen molar-refractivity contribution in [1.82, 2.24) is 9.55 Å². The molecule has 0 saturated heterocycles. The van der Waals surface area contributed by atoms with Gasteiger partial charge in [0, 0.05) is 7.05 Å². The Morgan fingerprint density at radius 2 is 1.96 bits per heavy atom. The highest BCUT2D eigenvalue weighted by molar-refractivity contribution is 6.52. The monoisotopic (exact) mass is 382 g/mol. The van der Waals surface area contributed by atoms with Gasteiger partial charge >= 0.3 is 5.69 Å². The Hall–Kier alpha value is -2.25. The first-order chi connectivity index (χ1) is 11.7. The molecule has 7 nitrogen and oxygen atoms in total. The number of anilines is 2. The molecule has 1 unspecified atom stereocenters. The summed E-state index contributed by atoms with van der Waals surface area (Å²) in [6.45, 7) is 0.162. The first-order valence-electron chi connectivity index (χ1n) is 7.54. The molecule has 0 aliphatic heterocycles. The number of nitrogen functional groups attached to an aromatic ring is 1. The smallest absolute Gasteiger partial charge is 0.330 e. The Morgan fingerprint density at radius 1 is 1.36 bits per heavy atom. The number of carbonyl (C=O) groups excluding carboxylic acids is 1. The molecule has 0 radical (unpaired) electrons. The van der Waals surface area contributed by atoms with Crippen LogP contribution in [0, 0.1) is 5.92 Å². The second kappa shape index (κ2) is 6.24. The van der Waals surface area contributed by atoms with Crippen molar-refractivity contribution in [1.29, 1.82) is 0 Å². The Kier molecular flexibility index (Phi) is 4.38. The molecule has 1 fully saturated rings. The number of hydrogen-bond acceptors (Lipinski definition) is 4. The van der Waals surface area contributed by atoms with Crippen LogP contribution in [0.3, 0.4) is 0 Å². The average Bonchev–Trinajstić information content (AvgIpc) is 3.20. The predicted octanol–water partition coefficient (Wildman–Crippen LogP) is 1.32. The summed E-state index contributed by atoms with van der Waals surface area (Å²) in [5.41, 5.74) is 5.38. The SMILES string of the molecule is CN(C(=O)C1CC1(Cl)Cl)c1c(N)n(Cc2ccccc2)c(=O)[nH]c1=O. The van der Waals surface area contributed by atoms with Gasteiger partial charge in [0.1, 0.15) is 10.2 Å². The molecular formula is C16H16Cl2N4O3. The zero-order valence-corrected chi connectivity index (χ0v) is 14.8. The van der Waals surface area contributed by atoms with E-state index in [2.05, 4.69) is 4.98 Å². The van der Waals surface area contributed by atoms with Gasteiger partial charge in [-0.25, -0.2) is 4.79 Å². The number of benzene rings is 1. The number of alkyl halides is 2. The fourth-order valence-electron chi connectivity index (χ4n) is 2.65. The van der Waals surface area contributed by atoms with Crippen molar-refractivity contribution in [3.05, 3.63) is 56.7 Å². The zero-order chi connectivity index (χ0) is 18.4. The number of nitrogens with one attached hydrogen (secondary N) is 1. The van der Waals surface area contributed by atoms with Gasteiger partial charge in [-0.15, -0.1) is 23.2 Å². The lowest BCUT2D eigenvalue weighted by atomic mass is 10.2. The first-order valence-corrected chi connectivity index (χ1v) is 8.30. The summed E-state index contributed by atoms with van der Waals surface area (Å²) in [6, 6.07) is 9.15. The molecule has 132 valence electrons. The van der Waals surface area contributed by atoms with Crippen molar-refractivity contribution >= 4 is 40.6 Å². The van der Waals surface area contributed by atoms with Crippen LogP contribution >= 0.6 is 23.2 Å². The molecule has 1 amide bonds. The van der Waals surface area contributed by atoms with Gasteiger partial charge in [-0.05, 0) is 12.0 Å². The number of hydrogen-bond donors (Lipinski definition) is 2. The van der Waals surface area contributed by atoms with E-state index in [1.807, 2.05) is 30.3 Å². The Morgan fingerprint density at radius 3 is 2.52 bits per heavy atom. The summed E-state index contributed by atoms with van der Waals surface area (Å²) >= 11 is 11.8. The van der Waals surface area contributed by atoms with Crippen LogP contribution in [0.2, 0.25) is 0 Å². The molecule has 1 aliphatic rings. The number of rotatable bonds is 4. The number of aromatic amines is 1. The van der Waals surface area contributed by atoms with E-state index in [0.717, 1.165) is 10.5 Å². The number of nitrogens with two attached hydrogens (primary N) is 1.